The van der Waals surface area contributed by atoms with Crippen molar-refractivity contribution in [2.45, 2.75) is 26.9 Å². The molecule has 1 rings (SSSR count). The predicted octanol–water partition coefficient (Wildman–Crippen LogP) is 1.49. The summed E-state index contributed by atoms with van der Waals surface area (Å²) >= 11 is 0. The third-order valence-electron chi connectivity index (χ3n) is 2.42. The molecule has 1 heterocycles. The standard InChI is InChI=1S/C9H14O3/c1-5-6(2)8(9(10)11-4)12-7(5)3/h5,7H,1-4H3/t5?,7-/m0/s1. The van der Waals surface area contributed by atoms with Gasteiger partial charge in [0.25, 0.3) is 0 Å². The highest BCUT2D eigenvalue weighted by Gasteiger charge is 2.31. The third-order valence-corrected chi connectivity index (χ3v) is 2.42. The van der Waals surface area contributed by atoms with Gasteiger partial charge < -0.3 is 9.47 Å². The van der Waals surface area contributed by atoms with Crippen molar-refractivity contribution in [1.82, 2.24) is 0 Å². The second-order valence-electron chi connectivity index (χ2n) is 3.12. The fourth-order valence-corrected chi connectivity index (χ4v) is 1.24. The van der Waals surface area contributed by atoms with Crippen molar-refractivity contribution in [1.29, 1.82) is 0 Å². The van der Waals surface area contributed by atoms with Crippen LogP contribution in [0.15, 0.2) is 11.3 Å². The van der Waals surface area contributed by atoms with Gasteiger partial charge >= 0.3 is 5.97 Å². The van der Waals surface area contributed by atoms with Crippen LogP contribution in [0.1, 0.15) is 20.8 Å². The molecule has 0 saturated carbocycles. The number of carbonyl (C=O) groups is 1. The lowest BCUT2D eigenvalue weighted by atomic mass is 10.00. The highest BCUT2D eigenvalue weighted by atomic mass is 16.6. The molecule has 3 nitrogen and oxygen atoms in total. The Bertz CT molecular complexity index is 230. The largest absolute Gasteiger partial charge is 0.483 e. The first kappa shape index (κ1) is 9.10. The molecule has 0 aliphatic carbocycles. The summed E-state index contributed by atoms with van der Waals surface area (Å²) in [7, 11) is 1.36. The van der Waals surface area contributed by atoms with Crippen LogP contribution >= 0.6 is 0 Å². The Morgan fingerprint density at radius 2 is 2.08 bits per heavy atom. The van der Waals surface area contributed by atoms with Crippen LogP contribution in [-0.4, -0.2) is 19.2 Å². The van der Waals surface area contributed by atoms with E-state index in [1.54, 1.807) is 0 Å². The minimum atomic E-state index is -0.372. The van der Waals surface area contributed by atoms with E-state index in [9.17, 15) is 4.79 Å². The van der Waals surface area contributed by atoms with Gasteiger partial charge in [-0.3, -0.25) is 0 Å². The van der Waals surface area contributed by atoms with Crippen LogP contribution in [0.4, 0.5) is 0 Å². The molecule has 0 fully saturated rings. The van der Waals surface area contributed by atoms with Crippen LogP contribution in [0, 0.1) is 5.92 Å². The van der Waals surface area contributed by atoms with Gasteiger partial charge in [-0.1, -0.05) is 6.92 Å². The quantitative estimate of drug-likeness (QED) is 0.559. The summed E-state index contributed by atoms with van der Waals surface area (Å²) in [5.74, 6) is 0.320. The summed E-state index contributed by atoms with van der Waals surface area (Å²) in [5, 5.41) is 0. The van der Waals surface area contributed by atoms with Gasteiger partial charge in [-0.25, -0.2) is 4.79 Å². The molecule has 1 aliphatic heterocycles. The molecule has 0 amide bonds. The molecular weight excluding hydrogens is 156 g/mol. The normalized spacial score (nSPS) is 28.7. The first-order valence-corrected chi connectivity index (χ1v) is 4.03. The van der Waals surface area contributed by atoms with E-state index < -0.39 is 0 Å². The van der Waals surface area contributed by atoms with Crippen LogP contribution in [-0.2, 0) is 14.3 Å². The van der Waals surface area contributed by atoms with Gasteiger partial charge in [-0.15, -0.1) is 0 Å². The molecule has 0 aromatic rings. The van der Waals surface area contributed by atoms with Crippen molar-refractivity contribution in [2.75, 3.05) is 7.11 Å². The molecule has 1 unspecified atom stereocenters. The van der Waals surface area contributed by atoms with E-state index >= 15 is 0 Å². The SMILES string of the molecule is COC(=O)C1=C(C)C(C)[C@H](C)O1. The maximum Gasteiger partial charge on any atom is 0.373 e. The van der Waals surface area contributed by atoms with E-state index in [2.05, 4.69) is 4.74 Å². The van der Waals surface area contributed by atoms with Crippen molar-refractivity contribution in [2.24, 2.45) is 5.92 Å². The van der Waals surface area contributed by atoms with E-state index in [1.807, 2.05) is 20.8 Å². The molecule has 12 heavy (non-hydrogen) atoms. The number of hydrogen-bond donors (Lipinski definition) is 0. The molecule has 68 valence electrons. The van der Waals surface area contributed by atoms with Crippen molar-refractivity contribution in [3.8, 4) is 0 Å². The van der Waals surface area contributed by atoms with Crippen LogP contribution in [0.5, 0.6) is 0 Å². The van der Waals surface area contributed by atoms with Gasteiger partial charge in [0.2, 0.25) is 5.76 Å². The van der Waals surface area contributed by atoms with E-state index in [4.69, 9.17) is 4.74 Å². The summed E-state index contributed by atoms with van der Waals surface area (Å²) in [6.45, 7) is 5.89. The van der Waals surface area contributed by atoms with Crippen LogP contribution in [0.2, 0.25) is 0 Å². The Morgan fingerprint density at radius 1 is 1.50 bits per heavy atom. The van der Waals surface area contributed by atoms with Gasteiger partial charge in [-0.2, -0.15) is 0 Å². The molecule has 1 aliphatic rings. The van der Waals surface area contributed by atoms with Crippen molar-refractivity contribution >= 4 is 5.97 Å². The van der Waals surface area contributed by atoms with Gasteiger partial charge in [-0.05, 0) is 19.4 Å². The fraction of sp³-hybridized carbons (Fsp3) is 0.667. The Morgan fingerprint density at radius 3 is 2.42 bits per heavy atom. The van der Waals surface area contributed by atoms with Crippen LogP contribution in [0.25, 0.3) is 0 Å². The topological polar surface area (TPSA) is 35.5 Å². The maximum absolute atomic E-state index is 11.1. The number of esters is 1. The Kier molecular flexibility index (Phi) is 2.40. The monoisotopic (exact) mass is 170 g/mol. The molecule has 0 spiro atoms. The highest BCUT2D eigenvalue weighted by Crippen LogP contribution is 2.30. The lowest BCUT2D eigenvalue weighted by Gasteiger charge is -2.09. The molecule has 0 aromatic carbocycles. The Hall–Kier alpha value is -0.990. The maximum atomic E-state index is 11.1. The van der Waals surface area contributed by atoms with Gasteiger partial charge in [0.1, 0.15) is 6.10 Å². The van der Waals surface area contributed by atoms with Crippen molar-refractivity contribution in [3.63, 3.8) is 0 Å². The van der Waals surface area contributed by atoms with Crippen LogP contribution < -0.4 is 0 Å². The molecule has 0 bridgehead atoms. The van der Waals surface area contributed by atoms with Gasteiger partial charge in [0, 0.05) is 5.92 Å². The summed E-state index contributed by atoms with van der Waals surface area (Å²) in [6, 6.07) is 0. The lowest BCUT2D eigenvalue weighted by molar-refractivity contribution is -0.140. The number of ether oxygens (including phenoxy) is 2. The zero-order valence-electron chi connectivity index (χ0n) is 7.88. The number of carbonyl (C=O) groups excluding carboxylic acids is 1. The zero-order chi connectivity index (χ0) is 9.30. The van der Waals surface area contributed by atoms with Gasteiger partial charge in [0.05, 0.1) is 7.11 Å². The average molecular weight is 170 g/mol. The Balaban J connectivity index is 2.85. The minimum absolute atomic E-state index is 0.0825. The molecule has 0 aromatic heterocycles. The summed E-state index contributed by atoms with van der Waals surface area (Å²) in [4.78, 5) is 11.1. The van der Waals surface area contributed by atoms with E-state index in [1.165, 1.54) is 7.11 Å². The number of rotatable bonds is 1. The van der Waals surface area contributed by atoms with Crippen molar-refractivity contribution in [3.05, 3.63) is 11.3 Å². The smallest absolute Gasteiger partial charge is 0.373 e. The first-order valence-electron chi connectivity index (χ1n) is 4.03. The third kappa shape index (κ3) is 1.31. The number of methoxy groups -OCH3 is 1. The number of hydrogen-bond acceptors (Lipinski definition) is 3. The van der Waals surface area contributed by atoms with Crippen molar-refractivity contribution < 1.29 is 14.3 Å². The minimum Gasteiger partial charge on any atom is -0.483 e. The van der Waals surface area contributed by atoms with E-state index in [0.29, 0.717) is 11.7 Å². The fourth-order valence-electron chi connectivity index (χ4n) is 1.24. The average Bonchev–Trinajstić information content (AvgIpc) is 2.32. The van der Waals surface area contributed by atoms with Gasteiger partial charge in [0.15, 0.2) is 0 Å². The predicted molar refractivity (Wildman–Crippen MR) is 44.4 cm³/mol. The molecule has 0 radical (unpaired) electrons. The van der Waals surface area contributed by atoms with E-state index in [0.717, 1.165) is 5.57 Å². The zero-order valence-corrected chi connectivity index (χ0v) is 7.88. The van der Waals surface area contributed by atoms with E-state index in [-0.39, 0.29) is 12.1 Å². The Labute approximate surface area is 72.4 Å². The molecule has 2 atom stereocenters. The summed E-state index contributed by atoms with van der Waals surface area (Å²) in [6.07, 6.45) is 0.0825. The second-order valence-corrected chi connectivity index (χ2v) is 3.12. The summed E-state index contributed by atoms with van der Waals surface area (Å²) in [5.41, 5.74) is 0.981. The molecule has 0 saturated heterocycles. The highest BCUT2D eigenvalue weighted by molar-refractivity contribution is 5.87. The molecule has 0 N–H and O–H groups in total. The lowest BCUT2D eigenvalue weighted by Crippen LogP contribution is -2.11. The van der Waals surface area contributed by atoms with Crippen LogP contribution in [0.3, 0.4) is 0 Å². The molecular formula is C9H14O3. The summed E-state index contributed by atoms with van der Waals surface area (Å²) < 4.78 is 9.92. The second kappa shape index (κ2) is 3.17. The molecule has 3 heteroatoms. The first-order chi connectivity index (χ1) is 5.57.